The van der Waals surface area contributed by atoms with Crippen molar-refractivity contribution in [3.05, 3.63) is 29.8 Å². The van der Waals surface area contributed by atoms with E-state index < -0.39 is 12.2 Å². The van der Waals surface area contributed by atoms with E-state index >= 15 is 0 Å². The number of unbranched alkanes of at least 4 members (excludes halogenated alkanes) is 4. The first-order chi connectivity index (χ1) is 11.1. The summed E-state index contributed by atoms with van der Waals surface area (Å²) < 4.78 is 9.59. The van der Waals surface area contributed by atoms with Gasteiger partial charge in [0.05, 0.1) is 13.2 Å². The lowest BCUT2D eigenvalue weighted by atomic mass is 10.1. The fourth-order valence-corrected chi connectivity index (χ4v) is 2.09. The molecule has 1 amide bonds. The van der Waals surface area contributed by atoms with Crippen LogP contribution in [0, 0.1) is 0 Å². The normalized spacial score (nSPS) is 10.1. The van der Waals surface area contributed by atoms with Crippen molar-refractivity contribution in [2.45, 2.75) is 45.4 Å². The highest BCUT2D eigenvalue weighted by Crippen LogP contribution is 2.12. The van der Waals surface area contributed by atoms with E-state index in [2.05, 4.69) is 17.0 Å². The van der Waals surface area contributed by atoms with Gasteiger partial charge in [0, 0.05) is 12.1 Å². The third-order valence-corrected chi connectivity index (χ3v) is 3.27. The third-order valence-electron chi connectivity index (χ3n) is 3.27. The van der Waals surface area contributed by atoms with E-state index in [0.717, 1.165) is 18.4 Å². The minimum Gasteiger partial charge on any atom is -0.450 e. The molecule has 0 spiro atoms. The van der Waals surface area contributed by atoms with Gasteiger partial charge in [-0.1, -0.05) is 44.7 Å². The van der Waals surface area contributed by atoms with Gasteiger partial charge in [-0.3, -0.25) is 5.32 Å². The van der Waals surface area contributed by atoms with Crippen molar-refractivity contribution in [1.29, 1.82) is 0 Å². The Hall–Kier alpha value is -2.24. The molecule has 1 aromatic rings. The summed E-state index contributed by atoms with van der Waals surface area (Å²) in [5, 5.41) is 11.1. The number of benzene rings is 1. The summed E-state index contributed by atoms with van der Waals surface area (Å²) in [6.45, 7) is 2.66. The molecule has 0 heterocycles. The number of anilines is 1. The number of nitrogens with one attached hydrogen (secondary N) is 1. The Labute approximate surface area is 136 Å². The highest BCUT2D eigenvalue weighted by atomic mass is 16.7. The maximum atomic E-state index is 11.7. The maximum Gasteiger partial charge on any atom is 0.505 e. The molecule has 2 N–H and O–H groups in total. The second kappa shape index (κ2) is 11.3. The van der Waals surface area contributed by atoms with Crippen molar-refractivity contribution >= 4 is 17.9 Å². The summed E-state index contributed by atoms with van der Waals surface area (Å²) in [4.78, 5) is 22.0. The first kappa shape index (κ1) is 18.8. The largest absolute Gasteiger partial charge is 0.505 e. The molecule has 128 valence electrons. The molecule has 23 heavy (non-hydrogen) atoms. The monoisotopic (exact) mass is 323 g/mol. The van der Waals surface area contributed by atoms with Crippen molar-refractivity contribution < 1.29 is 24.2 Å². The Morgan fingerprint density at radius 3 is 2.61 bits per heavy atom. The highest BCUT2D eigenvalue weighted by Gasteiger charge is 2.04. The van der Waals surface area contributed by atoms with Crippen LogP contribution in [-0.4, -0.2) is 30.6 Å². The first-order valence-electron chi connectivity index (χ1n) is 8.00. The van der Waals surface area contributed by atoms with Crippen LogP contribution >= 0.6 is 0 Å². The average Bonchev–Trinajstić information content (AvgIpc) is 2.51. The van der Waals surface area contributed by atoms with E-state index in [9.17, 15) is 9.59 Å². The van der Waals surface area contributed by atoms with Gasteiger partial charge in [-0.05, 0) is 24.1 Å². The van der Waals surface area contributed by atoms with Crippen LogP contribution in [0.5, 0.6) is 0 Å². The van der Waals surface area contributed by atoms with Gasteiger partial charge < -0.3 is 14.6 Å². The second-order valence-electron chi connectivity index (χ2n) is 5.24. The van der Waals surface area contributed by atoms with E-state index in [1.165, 1.54) is 19.3 Å². The first-order valence-corrected chi connectivity index (χ1v) is 8.00. The maximum absolute atomic E-state index is 11.7. The number of carboxylic acid groups (broad SMARTS) is 1. The van der Waals surface area contributed by atoms with Crippen LogP contribution in [0.25, 0.3) is 0 Å². The minimum absolute atomic E-state index is 0.0843. The minimum atomic E-state index is -1.29. The van der Waals surface area contributed by atoms with Crippen LogP contribution in [0.3, 0.4) is 0 Å². The Balaban J connectivity index is 2.27. The molecule has 0 saturated heterocycles. The number of hydrogen-bond acceptors (Lipinski definition) is 4. The highest BCUT2D eigenvalue weighted by molar-refractivity contribution is 5.84. The molecule has 0 atom stereocenters. The Kier molecular flexibility index (Phi) is 9.28. The molecule has 0 aliphatic rings. The topological polar surface area (TPSA) is 84.9 Å². The SMILES string of the molecule is CCCCCCCOC(=O)Nc1cccc(CCOC(=O)O)c1. The van der Waals surface area contributed by atoms with Crippen molar-refractivity contribution in [2.24, 2.45) is 0 Å². The molecular weight excluding hydrogens is 298 g/mol. The van der Waals surface area contributed by atoms with E-state index in [1.54, 1.807) is 18.2 Å². The van der Waals surface area contributed by atoms with Crippen molar-refractivity contribution in [3.8, 4) is 0 Å². The smallest absolute Gasteiger partial charge is 0.450 e. The standard InChI is InChI=1S/C17H25NO5/c1-2-3-4-5-6-11-22-16(19)18-15-9-7-8-14(13-15)10-12-23-17(20)21/h7-9,13H,2-6,10-12H2,1H3,(H,18,19)(H,20,21). The van der Waals surface area contributed by atoms with Crippen LogP contribution in [-0.2, 0) is 15.9 Å². The van der Waals surface area contributed by atoms with Crippen LogP contribution in [0.4, 0.5) is 15.3 Å². The predicted molar refractivity (Wildman–Crippen MR) is 87.9 cm³/mol. The molecule has 6 heteroatoms. The van der Waals surface area contributed by atoms with E-state index in [-0.39, 0.29) is 6.61 Å². The quantitative estimate of drug-likeness (QED) is 0.491. The summed E-state index contributed by atoms with van der Waals surface area (Å²) in [7, 11) is 0. The van der Waals surface area contributed by atoms with Gasteiger partial charge >= 0.3 is 12.2 Å². The van der Waals surface area contributed by atoms with E-state index in [4.69, 9.17) is 9.84 Å². The lowest BCUT2D eigenvalue weighted by Crippen LogP contribution is -2.14. The van der Waals surface area contributed by atoms with Gasteiger partial charge in [0.1, 0.15) is 0 Å². The predicted octanol–water partition coefficient (Wildman–Crippen LogP) is 4.44. The molecule has 1 rings (SSSR count). The molecule has 0 radical (unpaired) electrons. The fourth-order valence-electron chi connectivity index (χ4n) is 2.09. The summed E-state index contributed by atoms with van der Waals surface area (Å²) >= 11 is 0. The number of ether oxygens (including phenoxy) is 2. The van der Waals surface area contributed by atoms with Gasteiger partial charge in [-0.2, -0.15) is 0 Å². The summed E-state index contributed by atoms with van der Waals surface area (Å²) in [6.07, 6.45) is 4.21. The average molecular weight is 323 g/mol. The Morgan fingerprint density at radius 1 is 1.09 bits per heavy atom. The molecule has 6 nitrogen and oxygen atoms in total. The van der Waals surface area contributed by atoms with E-state index in [0.29, 0.717) is 18.7 Å². The zero-order chi connectivity index (χ0) is 16.9. The Morgan fingerprint density at radius 2 is 1.87 bits per heavy atom. The molecule has 0 saturated carbocycles. The van der Waals surface area contributed by atoms with Gasteiger partial charge in [0.15, 0.2) is 0 Å². The second-order valence-corrected chi connectivity index (χ2v) is 5.24. The van der Waals surface area contributed by atoms with Gasteiger partial charge in [-0.25, -0.2) is 9.59 Å². The molecule has 1 aromatic carbocycles. The zero-order valence-corrected chi connectivity index (χ0v) is 13.5. The molecular formula is C17H25NO5. The molecule has 0 unspecified atom stereocenters. The van der Waals surface area contributed by atoms with E-state index in [1.807, 2.05) is 6.07 Å². The summed E-state index contributed by atoms with van der Waals surface area (Å²) in [6, 6.07) is 7.16. The zero-order valence-electron chi connectivity index (χ0n) is 13.5. The number of carbonyl (C=O) groups is 2. The lowest BCUT2D eigenvalue weighted by molar-refractivity contribution is 0.0927. The number of amides is 1. The summed E-state index contributed by atoms with van der Waals surface area (Å²) in [5.74, 6) is 0. The van der Waals surface area contributed by atoms with Gasteiger partial charge in [0.25, 0.3) is 0 Å². The van der Waals surface area contributed by atoms with Gasteiger partial charge in [-0.15, -0.1) is 0 Å². The lowest BCUT2D eigenvalue weighted by Gasteiger charge is -2.08. The van der Waals surface area contributed by atoms with Crippen molar-refractivity contribution in [3.63, 3.8) is 0 Å². The van der Waals surface area contributed by atoms with Crippen LogP contribution in [0.15, 0.2) is 24.3 Å². The fraction of sp³-hybridized carbons (Fsp3) is 0.529. The third kappa shape index (κ3) is 9.39. The van der Waals surface area contributed by atoms with Crippen LogP contribution < -0.4 is 5.32 Å². The van der Waals surface area contributed by atoms with Crippen LogP contribution in [0.2, 0.25) is 0 Å². The molecule has 0 aromatic heterocycles. The van der Waals surface area contributed by atoms with Crippen molar-refractivity contribution in [2.75, 3.05) is 18.5 Å². The number of rotatable bonds is 10. The Bertz CT molecular complexity index is 490. The van der Waals surface area contributed by atoms with Gasteiger partial charge in [0.2, 0.25) is 0 Å². The van der Waals surface area contributed by atoms with Crippen LogP contribution in [0.1, 0.15) is 44.6 Å². The summed E-state index contributed by atoms with van der Waals surface area (Å²) in [5.41, 5.74) is 1.50. The molecule has 0 aliphatic carbocycles. The number of carbonyl (C=O) groups excluding carboxylic acids is 1. The molecule has 0 aliphatic heterocycles. The molecule has 0 bridgehead atoms. The molecule has 0 fully saturated rings. The van der Waals surface area contributed by atoms with Crippen molar-refractivity contribution in [1.82, 2.24) is 0 Å². The number of hydrogen-bond donors (Lipinski definition) is 2.